The van der Waals surface area contributed by atoms with Crippen LogP contribution in [0.15, 0.2) is 24.3 Å². The molecule has 0 bridgehead atoms. The van der Waals surface area contributed by atoms with Gasteiger partial charge in [-0.2, -0.15) is 5.26 Å². The number of nitrogens with one attached hydrogen (secondary N) is 2. The number of carbonyl (C=O) groups is 2. The minimum Gasteiger partial charge on any atom is -0.347 e. The Morgan fingerprint density at radius 2 is 1.97 bits per heavy atom. The molecular formula is C27H38ClN5O2. The lowest BCUT2D eigenvalue weighted by molar-refractivity contribution is -0.127. The van der Waals surface area contributed by atoms with E-state index in [1.807, 2.05) is 56.8 Å². The van der Waals surface area contributed by atoms with Gasteiger partial charge in [0.05, 0.1) is 17.5 Å². The Kier molecular flexibility index (Phi) is 9.59. The fourth-order valence-corrected chi connectivity index (χ4v) is 5.12. The van der Waals surface area contributed by atoms with Gasteiger partial charge in [0.2, 0.25) is 5.91 Å². The van der Waals surface area contributed by atoms with Crippen LogP contribution in [0.25, 0.3) is 10.9 Å². The van der Waals surface area contributed by atoms with E-state index in [1.54, 1.807) is 0 Å². The molecule has 1 saturated carbocycles. The zero-order chi connectivity index (χ0) is 25.5. The third kappa shape index (κ3) is 7.22. The molecule has 0 saturated heterocycles. The number of carbonyl (C=O) groups excluding carboxylic acids is 2. The van der Waals surface area contributed by atoms with Gasteiger partial charge < -0.3 is 20.1 Å². The molecule has 1 aromatic heterocycles. The van der Waals surface area contributed by atoms with E-state index in [4.69, 9.17) is 11.6 Å². The fourth-order valence-electron chi connectivity index (χ4n) is 4.96. The molecule has 0 radical (unpaired) electrons. The van der Waals surface area contributed by atoms with Gasteiger partial charge in [-0.3, -0.25) is 9.59 Å². The first-order valence-electron chi connectivity index (χ1n) is 12.6. The number of fused-ring (bicyclic) bond motifs is 1. The van der Waals surface area contributed by atoms with Crippen LogP contribution in [0.3, 0.4) is 0 Å². The molecule has 1 heterocycles. The summed E-state index contributed by atoms with van der Waals surface area (Å²) >= 11 is 6.27. The van der Waals surface area contributed by atoms with Crippen LogP contribution in [-0.2, 0) is 11.3 Å². The molecule has 2 aromatic rings. The number of amides is 2. The Balaban J connectivity index is 1.79. The lowest BCUT2D eigenvalue weighted by atomic mass is 9.83. The average molecular weight is 500 g/mol. The van der Waals surface area contributed by atoms with Gasteiger partial charge in [-0.05, 0) is 70.4 Å². The van der Waals surface area contributed by atoms with Gasteiger partial charge >= 0.3 is 0 Å². The summed E-state index contributed by atoms with van der Waals surface area (Å²) in [5, 5.41) is 17.1. The Bertz CT molecular complexity index is 1070. The molecule has 8 heteroatoms. The largest absolute Gasteiger partial charge is 0.347 e. The smallest absolute Gasteiger partial charge is 0.268 e. The summed E-state index contributed by atoms with van der Waals surface area (Å²) in [4.78, 5) is 28.7. The highest BCUT2D eigenvalue weighted by Crippen LogP contribution is 2.27. The van der Waals surface area contributed by atoms with E-state index in [1.165, 1.54) is 0 Å². The first-order chi connectivity index (χ1) is 16.7. The third-order valence-electron chi connectivity index (χ3n) is 6.68. The topological polar surface area (TPSA) is 90.2 Å². The lowest BCUT2D eigenvalue weighted by Crippen LogP contribution is -2.50. The highest BCUT2D eigenvalue weighted by molar-refractivity contribution is 6.31. The van der Waals surface area contributed by atoms with E-state index in [-0.39, 0.29) is 23.8 Å². The normalized spacial score (nSPS) is 19.0. The number of benzene rings is 1. The number of aryl methyl sites for hydroxylation is 1. The summed E-state index contributed by atoms with van der Waals surface area (Å²) in [6.45, 7) is 5.66. The van der Waals surface area contributed by atoms with E-state index in [2.05, 4.69) is 21.6 Å². The Morgan fingerprint density at radius 3 is 2.66 bits per heavy atom. The molecular weight excluding hydrogens is 462 g/mol. The van der Waals surface area contributed by atoms with Crippen molar-refractivity contribution in [2.24, 2.45) is 11.8 Å². The molecule has 35 heavy (non-hydrogen) atoms. The molecule has 3 rings (SSSR count). The Hall–Kier alpha value is -2.56. The summed E-state index contributed by atoms with van der Waals surface area (Å²) in [6.07, 6.45) is 4.86. The molecule has 190 valence electrons. The first kappa shape index (κ1) is 27.0. The minimum absolute atomic E-state index is 0.138. The quantitative estimate of drug-likeness (QED) is 0.500. The van der Waals surface area contributed by atoms with Crippen LogP contribution in [0.2, 0.25) is 5.02 Å². The zero-order valence-corrected chi connectivity index (χ0v) is 22.1. The van der Waals surface area contributed by atoms with Gasteiger partial charge in [0.1, 0.15) is 11.7 Å². The van der Waals surface area contributed by atoms with Crippen molar-refractivity contribution in [3.63, 3.8) is 0 Å². The molecule has 0 aliphatic heterocycles. The number of hydrogen-bond donors (Lipinski definition) is 2. The average Bonchev–Trinajstić information content (AvgIpc) is 3.16. The maximum absolute atomic E-state index is 13.5. The van der Waals surface area contributed by atoms with Crippen LogP contribution in [0.5, 0.6) is 0 Å². The van der Waals surface area contributed by atoms with Gasteiger partial charge in [-0.25, -0.2) is 0 Å². The summed E-state index contributed by atoms with van der Waals surface area (Å²) < 4.78 is 2.03. The van der Waals surface area contributed by atoms with Crippen LogP contribution < -0.4 is 10.6 Å². The second-order valence-corrected chi connectivity index (χ2v) is 10.8. The van der Waals surface area contributed by atoms with Crippen molar-refractivity contribution in [1.29, 1.82) is 5.26 Å². The first-order valence-corrected chi connectivity index (χ1v) is 13.0. The lowest BCUT2D eigenvalue weighted by Gasteiger charge is -2.32. The summed E-state index contributed by atoms with van der Waals surface area (Å²) in [7, 11) is 4.06. The predicted molar refractivity (Wildman–Crippen MR) is 140 cm³/mol. The molecule has 1 aromatic carbocycles. The van der Waals surface area contributed by atoms with Gasteiger partial charge in [0.25, 0.3) is 5.91 Å². The van der Waals surface area contributed by atoms with Crippen molar-refractivity contribution >= 4 is 34.3 Å². The molecule has 1 fully saturated rings. The van der Waals surface area contributed by atoms with Crippen LogP contribution in [0.4, 0.5) is 0 Å². The standard InChI is InChI=1S/C27H38ClN5O2/c1-18(2)14-21(17-29)30-26(34)22-8-5-6-9-23(22)31-27(35)25-15-19-10-11-20(28)16-24(19)33(25)13-7-12-32(3)4/h10-11,15-16,18,21-23H,5-9,12-14H2,1-4H3,(H,30,34)(H,31,35)/t21-,22+,23-/m0/s1. The van der Waals surface area contributed by atoms with Crippen molar-refractivity contribution in [1.82, 2.24) is 20.1 Å². The van der Waals surface area contributed by atoms with E-state index in [0.29, 0.717) is 36.0 Å². The fraction of sp³-hybridized carbons (Fsp3) is 0.593. The van der Waals surface area contributed by atoms with E-state index in [9.17, 15) is 14.9 Å². The molecule has 2 N–H and O–H groups in total. The molecule has 1 aliphatic carbocycles. The van der Waals surface area contributed by atoms with Gasteiger partial charge in [-0.15, -0.1) is 0 Å². The van der Waals surface area contributed by atoms with Gasteiger partial charge in [0, 0.05) is 23.0 Å². The molecule has 3 atom stereocenters. The SMILES string of the molecule is CC(C)C[C@@H](C#N)NC(=O)[C@@H]1CCCC[C@@H]1NC(=O)c1cc2ccc(Cl)cc2n1CCCN(C)C. The van der Waals surface area contributed by atoms with Crippen molar-refractivity contribution in [3.05, 3.63) is 35.0 Å². The maximum Gasteiger partial charge on any atom is 0.268 e. The van der Waals surface area contributed by atoms with E-state index in [0.717, 1.165) is 43.1 Å². The number of halogens is 1. The number of nitrogens with zero attached hydrogens (tertiary/aromatic N) is 3. The number of aromatic nitrogens is 1. The maximum atomic E-state index is 13.5. The van der Waals surface area contributed by atoms with Gasteiger partial charge in [-0.1, -0.05) is 44.4 Å². The van der Waals surface area contributed by atoms with Crippen LogP contribution in [-0.4, -0.2) is 54.0 Å². The Morgan fingerprint density at radius 1 is 1.23 bits per heavy atom. The molecule has 1 aliphatic rings. The highest BCUT2D eigenvalue weighted by Gasteiger charge is 2.34. The number of rotatable bonds is 10. The zero-order valence-electron chi connectivity index (χ0n) is 21.3. The number of hydrogen-bond acceptors (Lipinski definition) is 4. The second-order valence-electron chi connectivity index (χ2n) is 10.3. The van der Waals surface area contributed by atoms with Gasteiger partial charge in [0.15, 0.2) is 0 Å². The van der Waals surface area contributed by atoms with E-state index < -0.39 is 6.04 Å². The monoisotopic (exact) mass is 499 g/mol. The summed E-state index contributed by atoms with van der Waals surface area (Å²) in [5.41, 5.74) is 1.52. The minimum atomic E-state index is -0.509. The van der Waals surface area contributed by atoms with Crippen molar-refractivity contribution in [2.75, 3.05) is 20.6 Å². The Labute approximate surface area is 213 Å². The highest BCUT2D eigenvalue weighted by atomic mass is 35.5. The van der Waals surface area contributed by atoms with Crippen molar-refractivity contribution in [2.45, 2.75) is 71.0 Å². The van der Waals surface area contributed by atoms with Crippen LogP contribution >= 0.6 is 11.6 Å². The second kappa shape index (κ2) is 12.4. The van der Waals surface area contributed by atoms with E-state index >= 15 is 0 Å². The van der Waals surface area contributed by atoms with Crippen molar-refractivity contribution < 1.29 is 9.59 Å². The van der Waals surface area contributed by atoms with Crippen molar-refractivity contribution in [3.8, 4) is 6.07 Å². The molecule has 2 amide bonds. The molecule has 0 spiro atoms. The summed E-state index contributed by atoms with van der Waals surface area (Å²) in [5.74, 6) is -0.340. The third-order valence-corrected chi connectivity index (χ3v) is 6.92. The number of nitriles is 1. The molecule has 7 nitrogen and oxygen atoms in total. The predicted octanol–water partition coefficient (Wildman–Crippen LogP) is 4.59. The van der Waals surface area contributed by atoms with Crippen LogP contribution in [0.1, 0.15) is 62.9 Å². The summed E-state index contributed by atoms with van der Waals surface area (Å²) in [6, 6.07) is 9.01. The van der Waals surface area contributed by atoms with Crippen LogP contribution in [0, 0.1) is 23.2 Å². The molecule has 0 unspecified atom stereocenters.